The van der Waals surface area contributed by atoms with Gasteiger partial charge in [-0.2, -0.15) is 0 Å². The minimum Gasteiger partial charge on any atom is -0.378 e. The molecule has 32 heavy (non-hydrogen) atoms. The molecule has 0 bridgehead atoms. The first-order valence-electron chi connectivity index (χ1n) is 10.4. The maximum atomic E-state index is 12.6. The number of amides is 2. The number of anilines is 1. The quantitative estimate of drug-likeness (QED) is 0.415. The van der Waals surface area contributed by atoms with Gasteiger partial charge in [-0.3, -0.25) is 9.59 Å². The molecule has 0 heterocycles. The molecular formula is C27H27N3O2. The number of benzene rings is 3. The standard InChI is InChI=1S/C27H27N3O2/c1-30(2)24-17-15-23(16-18-24)27(28-25(31)19-13-21-9-5-3-6-10-21)29-26(32)20-14-22-11-7-4-8-12-22/h3-20,27H,1-2H3,(H,28,31)(H,29,32)/b19-13+,20-14+. The van der Waals surface area contributed by atoms with Gasteiger partial charge in [0, 0.05) is 31.9 Å². The van der Waals surface area contributed by atoms with E-state index in [0.717, 1.165) is 22.4 Å². The lowest BCUT2D eigenvalue weighted by Crippen LogP contribution is -2.39. The van der Waals surface area contributed by atoms with Gasteiger partial charge in [0.1, 0.15) is 6.17 Å². The summed E-state index contributed by atoms with van der Waals surface area (Å²) < 4.78 is 0. The van der Waals surface area contributed by atoms with Crippen LogP contribution in [0.25, 0.3) is 12.2 Å². The predicted octanol–water partition coefficient (Wildman–Crippen LogP) is 4.41. The molecule has 0 radical (unpaired) electrons. The molecule has 0 aliphatic rings. The monoisotopic (exact) mass is 425 g/mol. The molecule has 0 saturated carbocycles. The molecule has 0 fully saturated rings. The van der Waals surface area contributed by atoms with Gasteiger partial charge in [0.15, 0.2) is 0 Å². The number of nitrogens with zero attached hydrogens (tertiary/aromatic N) is 1. The van der Waals surface area contributed by atoms with Gasteiger partial charge in [-0.05, 0) is 41.0 Å². The normalized spacial score (nSPS) is 11.1. The highest BCUT2D eigenvalue weighted by atomic mass is 16.2. The number of hydrogen-bond acceptors (Lipinski definition) is 3. The Hall–Kier alpha value is -4.12. The highest BCUT2D eigenvalue weighted by Crippen LogP contribution is 2.17. The van der Waals surface area contributed by atoms with Gasteiger partial charge in [-0.1, -0.05) is 72.8 Å². The maximum Gasteiger partial charge on any atom is 0.245 e. The van der Waals surface area contributed by atoms with Crippen molar-refractivity contribution < 1.29 is 9.59 Å². The van der Waals surface area contributed by atoms with Crippen LogP contribution in [0.3, 0.4) is 0 Å². The fourth-order valence-corrected chi connectivity index (χ4v) is 3.02. The van der Waals surface area contributed by atoms with Crippen LogP contribution < -0.4 is 15.5 Å². The van der Waals surface area contributed by atoms with E-state index in [-0.39, 0.29) is 11.8 Å². The van der Waals surface area contributed by atoms with Crippen LogP contribution in [0, 0.1) is 0 Å². The van der Waals surface area contributed by atoms with E-state index < -0.39 is 6.17 Å². The van der Waals surface area contributed by atoms with E-state index in [4.69, 9.17) is 0 Å². The van der Waals surface area contributed by atoms with Crippen molar-refractivity contribution in [2.45, 2.75) is 6.17 Å². The molecule has 0 spiro atoms. The lowest BCUT2D eigenvalue weighted by Gasteiger charge is -2.20. The zero-order chi connectivity index (χ0) is 22.8. The van der Waals surface area contributed by atoms with Gasteiger partial charge in [-0.25, -0.2) is 0 Å². The summed E-state index contributed by atoms with van der Waals surface area (Å²) in [6, 6.07) is 26.8. The van der Waals surface area contributed by atoms with Crippen molar-refractivity contribution in [3.63, 3.8) is 0 Å². The zero-order valence-corrected chi connectivity index (χ0v) is 18.2. The first kappa shape index (κ1) is 22.6. The number of hydrogen-bond donors (Lipinski definition) is 2. The van der Waals surface area contributed by atoms with Crippen molar-refractivity contribution >= 4 is 29.7 Å². The highest BCUT2D eigenvalue weighted by Gasteiger charge is 2.15. The van der Waals surface area contributed by atoms with Gasteiger partial charge in [0.25, 0.3) is 0 Å². The van der Waals surface area contributed by atoms with Crippen molar-refractivity contribution in [1.29, 1.82) is 0 Å². The van der Waals surface area contributed by atoms with Gasteiger partial charge < -0.3 is 15.5 Å². The lowest BCUT2D eigenvalue weighted by molar-refractivity contribution is -0.119. The molecule has 0 aliphatic heterocycles. The minimum atomic E-state index is -0.674. The SMILES string of the molecule is CN(C)c1ccc(C(NC(=O)/C=C/c2ccccc2)NC(=O)/C=C/c2ccccc2)cc1. The second-order valence-corrected chi connectivity index (χ2v) is 7.42. The Morgan fingerprint density at radius 3 is 1.53 bits per heavy atom. The summed E-state index contributed by atoms with van der Waals surface area (Å²) in [5.41, 5.74) is 3.64. The van der Waals surface area contributed by atoms with Crippen molar-refractivity contribution in [3.8, 4) is 0 Å². The average molecular weight is 426 g/mol. The molecule has 0 unspecified atom stereocenters. The first-order chi connectivity index (χ1) is 15.5. The number of carbonyl (C=O) groups excluding carboxylic acids is 2. The molecule has 3 aromatic rings. The first-order valence-corrected chi connectivity index (χ1v) is 10.4. The zero-order valence-electron chi connectivity index (χ0n) is 18.2. The molecule has 0 aromatic heterocycles. The maximum absolute atomic E-state index is 12.6. The Balaban J connectivity index is 1.74. The molecule has 0 saturated heterocycles. The average Bonchev–Trinajstić information content (AvgIpc) is 2.82. The number of carbonyl (C=O) groups is 2. The summed E-state index contributed by atoms with van der Waals surface area (Å²) in [4.78, 5) is 27.1. The van der Waals surface area contributed by atoms with Crippen molar-refractivity contribution in [2.24, 2.45) is 0 Å². The Morgan fingerprint density at radius 2 is 1.12 bits per heavy atom. The molecule has 2 N–H and O–H groups in total. The summed E-state index contributed by atoms with van der Waals surface area (Å²) in [6.45, 7) is 0. The van der Waals surface area contributed by atoms with Crippen molar-refractivity contribution in [1.82, 2.24) is 10.6 Å². The fraction of sp³-hybridized carbons (Fsp3) is 0.111. The van der Waals surface area contributed by atoms with Crippen molar-refractivity contribution in [3.05, 3.63) is 114 Å². The van der Waals surface area contributed by atoms with E-state index in [1.165, 1.54) is 12.2 Å². The predicted molar refractivity (Wildman–Crippen MR) is 131 cm³/mol. The molecule has 5 nitrogen and oxygen atoms in total. The third-order valence-corrected chi connectivity index (χ3v) is 4.77. The van der Waals surface area contributed by atoms with Crippen LogP contribution in [0.15, 0.2) is 97.1 Å². The molecule has 3 aromatic carbocycles. The second-order valence-electron chi connectivity index (χ2n) is 7.42. The molecular weight excluding hydrogens is 398 g/mol. The molecule has 2 amide bonds. The summed E-state index contributed by atoms with van der Waals surface area (Å²) in [5.74, 6) is -0.606. The van der Waals surface area contributed by atoms with Crippen LogP contribution in [0.4, 0.5) is 5.69 Å². The van der Waals surface area contributed by atoms with Gasteiger partial charge in [0.05, 0.1) is 0 Å². The Labute approximate surface area is 189 Å². The van der Waals surface area contributed by atoms with Crippen LogP contribution in [-0.4, -0.2) is 25.9 Å². The smallest absolute Gasteiger partial charge is 0.245 e. The minimum absolute atomic E-state index is 0.303. The van der Waals surface area contributed by atoms with E-state index >= 15 is 0 Å². The van der Waals surface area contributed by atoms with Crippen LogP contribution in [0.2, 0.25) is 0 Å². The largest absolute Gasteiger partial charge is 0.378 e. The highest BCUT2D eigenvalue weighted by molar-refractivity contribution is 5.94. The number of rotatable bonds is 8. The van der Waals surface area contributed by atoms with E-state index in [2.05, 4.69) is 10.6 Å². The van der Waals surface area contributed by atoms with E-state index in [1.54, 1.807) is 12.2 Å². The summed E-state index contributed by atoms with van der Waals surface area (Å²) in [6.07, 6.45) is 5.72. The lowest BCUT2D eigenvalue weighted by atomic mass is 10.1. The van der Waals surface area contributed by atoms with Crippen LogP contribution in [-0.2, 0) is 9.59 Å². The molecule has 3 rings (SSSR count). The molecule has 162 valence electrons. The molecule has 0 atom stereocenters. The summed E-state index contributed by atoms with van der Waals surface area (Å²) >= 11 is 0. The van der Waals surface area contributed by atoms with Gasteiger partial charge >= 0.3 is 0 Å². The van der Waals surface area contributed by atoms with Crippen LogP contribution >= 0.6 is 0 Å². The Bertz CT molecular complexity index is 1010. The van der Waals surface area contributed by atoms with E-state index in [9.17, 15) is 9.59 Å². The Kier molecular flexibility index (Phi) is 7.98. The van der Waals surface area contributed by atoms with Crippen LogP contribution in [0.5, 0.6) is 0 Å². The molecule has 5 heteroatoms. The number of nitrogens with one attached hydrogen (secondary N) is 2. The van der Waals surface area contributed by atoms with E-state index in [0.29, 0.717) is 0 Å². The third kappa shape index (κ3) is 6.99. The van der Waals surface area contributed by atoms with Gasteiger partial charge in [-0.15, -0.1) is 0 Å². The van der Waals surface area contributed by atoms with E-state index in [1.807, 2.05) is 104 Å². The topological polar surface area (TPSA) is 61.4 Å². The second kappa shape index (κ2) is 11.3. The molecule has 0 aliphatic carbocycles. The summed E-state index contributed by atoms with van der Waals surface area (Å²) in [7, 11) is 3.91. The van der Waals surface area contributed by atoms with Crippen molar-refractivity contribution in [2.75, 3.05) is 19.0 Å². The summed E-state index contributed by atoms with van der Waals surface area (Å²) in [5, 5.41) is 5.75. The van der Waals surface area contributed by atoms with Crippen LogP contribution in [0.1, 0.15) is 22.9 Å². The fourth-order valence-electron chi connectivity index (χ4n) is 3.02. The Morgan fingerprint density at radius 1 is 0.688 bits per heavy atom. The van der Waals surface area contributed by atoms with Gasteiger partial charge in [0.2, 0.25) is 11.8 Å². The third-order valence-electron chi connectivity index (χ3n) is 4.77.